The molecular formula is C16H17F4N3O5S2. The quantitative estimate of drug-likeness (QED) is 0.276. The summed E-state index contributed by atoms with van der Waals surface area (Å²) in [5.74, 6) is -0.854. The maximum atomic E-state index is 14.4. The molecule has 1 heterocycles. The maximum Gasteiger partial charge on any atom is 0.523 e. The molecule has 0 bridgehead atoms. The molecule has 166 valence electrons. The summed E-state index contributed by atoms with van der Waals surface area (Å²) in [7, 11) is -9.34. The Kier molecular flexibility index (Phi) is 6.63. The Morgan fingerprint density at radius 1 is 1.10 bits per heavy atom. The zero-order valence-corrected chi connectivity index (χ0v) is 17.4. The number of hydrogen-bond acceptors (Lipinski definition) is 7. The van der Waals surface area contributed by atoms with E-state index in [0.717, 1.165) is 19.4 Å². The third-order valence-corrected chi connectivity index (χ3v) is 5.36. The molecule has 8 nitrogen and oxygen atoms in total. The molecule has 2 N–H and O–H groups in total. The number of nitrogens with one attached hydrogen (secondary N) is 2. The summed E-state index contributed by atoms with van der Waals surface area (Å²) >= 11 is 0. The molecule has 1 unspecified atom stereocenters. The van der Waals surface area contributed by atoms with Gasteiger partial charge in [-0.1, -0.05) is 12.1 Å². The van der Waals surface area contributed by atoms with E-state index in [1.165, 1.54) is 31.2 Å². The van der Waals surface area contributed by atoms with Crippen LogP contribution in [0.5, 0.6) is 0 Å². The Balaban J connectivity index is 2.32. The zero-order chi connectivity index (χ0) is 22.9. The van der Waals surface area contributed by atoms with E-state index in [9.17, 15) is 34.4 Å². The van der Waals surface area contributed by atoms with Crippen molar-refractivity contribution in [3.05, 3.63) is 41.8 Å². The van der Waals surface area contributed by atoms with Gasteiger partial charge in [0.1, 0.15) is 17.9 Å². The van der Waals surface area contributed by atoms with Crippen LogP contribution in [0, 0.1) is 12.7 Å². The van der Waals surface area contributed by atoms with E-state index in [4.69, 9.17) is 0 Å². The predicted octanol–water partition coefficient (Wildman–Crippen LogP) is 3.19. The summed E-state index contributed by atoms with van der Waals surface area (Å²) in [5, 5.41) is 2.35. The SMILES string of the molecule is Cc1c(NC(C)OS(=O)(=O)C(F)(F)F)ncc(F)c1-c1ccc(NS(C)(=O)=O)cc1. The van der Waals surface area contributed by atoms with Gasteiger partial charge >= 0.3 is 15.6 Å². The third-order valence-electron chi connectivity index (χ3n) is 3.65. The van der Waals surface area contributed by atoms with E-state index >= 15 is 0 Å². The second-order valence-corrected chi connectivity index (χ2v) is 9.50. The lowest BCUT2D eigenvalue weighted by Crippen LogP contribution is -2.32. The summed E-state index contributed by atoms with van der Waals surface area (Å²) in [5.41, 5.74) is -4.83. The van der Waals surface area contributed by atoms with Crippen LogP contribution in [0.2, 0.25) is 0 Å². The van der Waals surface area contributed by atoms with Gasteiger partial charge in [-0.15, -0.1) is 0 Å². The van der Waals surface area contributed by atoms with E-state index in [2.05, 4.69) is 19.2 Å². The van der Waals surface area contributed by atoms with Crippen molar-refractivity contribution in [1.29, 1.82) is 0 Å². The summed E-state index contributed by atoms with van der Waals surface area (Å²) in [6.07, 6.45) is 0.119. The van der Waals surface area contributed by atoms with Gasteiger partial charge in [0, 0.05) is 16.8 Å². The van der Waals surface area contributed by atoms with Gasteiger partial charge in [0.2, 0.25) is 10.0 Å². The van der Waals surface area contributed by atoms with Crippen molar-refractivity contribution in [2.75, 3.05) is 16.3 Å². The first-order valence-electron chi connectivity index (χ1n) is 8.10. The number of anilines is 2. The monoisotopic (exact) mass is 471 g/mol. The smallest absolute Gasteiger partial charge is 0.344 e. The Bertz CT molecular complexity index is 1130. The van der Waals surface area contributed by atoms with Crippen LogP contribution in [-0.4, -0.2) is 39.8 Å². The van der Waals surface area contributed by atoms with E-state index < -0.39 is 37.7 Å². The van der Waals surface area contributed by atoms with Crippen LogP contribution in [0.3, 0.4) is 0 Å². The van der Waals surface area contributed by atoms with E-state index in [1.54, 1.807) is 0 Å². The van der Waals surface area contributed by atoms with Crippen molar-refractivity contribution < 1.29 is 38.6 Å². The van der Waals surface area contributed by atoms with Gasteiger partial charge in [0.25, 0.3) is 0 Å². The first-order valence-corrected chi connectivity index (χ1v) is 11.4. The average molecular weight is 471 g/mol. The van der Waals surface area contributed by atoms with Gasteiger partial charge in [-0.25, -0.2) is 22.0 Å². The van der Waals surface area contributed by atoms with Gasteiger partial charge in [-0.2, -0.15) is 21.6 Å². The average Bonchev–Trinajstić information content (AvgIpc) is 2.56. The Labute approximate surface area is 170 Å². The van der Waals surface area contributed by atoms with E-state index in [0.29, 0.717) is 5.56 Å². The normalized spacial score (nSPS) is 13.7. The maximum absolute atomic E-state index is 14.4. The lowest BCUT2D eigenvalue weighted by molar-refractivity contribution is -0.0560. The molecule has 0 aliphatic carbocycles. The molecule has 1 aromatic carbocycles. The molecule has 0 saturated carbocycles. The standard InChI is InChI=1S/C16H17F4N3O5S2/c1-9-14(11-4-6-12(7-5-11)23-29(3,24)25)13(17)8-21-15(9)22-10(2)28-30(26,27)16(18,19)20/h4-8,10,23H,1-3H3,(H,21,22). The van der Waals surface area contributed by atoms with Crippen molar-refractivity contribution in [3.8, 4) is 11.1 Å². The number of alkyl halides is 3. The number of pyridine rings is 1. The van der Waals surface area contributed by atoms with Crippen LogP contribution in [0.25, 0.3) is 11.1 Å². The first-order chi connectivity index (χ1) is 13.6. The van der Waals surface area contributed by atoms with Crippen LogP contribution >= 0.6 is 0 Å². The summed E-state index contributed by atoms with van der Waals surface area (Å²) in [6, 6.07) is 5.64. The number of sulfonamides is 1. The number of rotatable bonds is 7. The fourth-order valence-corrected chi connectivity index (χ4v) is 3.56. The molecule has 0 aliphatic rings. The number of benzene rings is 1. The van der Waals surface area contributed by atoms with Crippen molar-refractivity contribution in [2.45, 2.75) is 25.6 Å². The zero-order valence-electron chi connectivity index (χ0n) is 15.8. The minimum atomic E-state index is -5.84. The molecule has 0 fully saturated rings. The Hall–Kier alpha value is -2.45. The highest BCUT2D eigenvalue weighted by molar-refractivity contribution is 7.92. The van der Waals surface area contributed by atoms with Crippen molar-refractivity contribution in [3.63, 3.8) is 0 Å². The molecule has 1 aromatic heterocycles. The predicted molar refractivity (Wildman–Crippen MR) is 102 cm³/mol. The molecule has 0 spiro atoms. The van der Waals surface area contributed by atoms with Crippen LogP contribution in [0.15, 0.2) is 30.5 Å². The van der Waals surface area contributed by atoms with E-state index in [1.807, 2.05) is 0 Å². The third kappa shape index (κ3) is 5.79. The van der Waals surface area contributed by atoms with Crippen molar-refractivity contribution in [2.24, 2.45) is 0 Å². The topological polar surface area (TPSA) is 114 Å². The van der Waals surface area contributed by atoms with Crippen LogP contribution < -0.4 is 10.0 Å². The minimum absolute atomic E-state index is 0.0317. The van der Waals surface area contributed by atoms with Gasteiger partial charge < -0.3 is 5.32 Å². The van der Waals surface area contributed by atoms with E-state index in [-0.39, 0.29) is 22.6 Å². The van der Waals surface area contributed by atoms with Gasteiger partial charge in [-0.3, -0.25) is 4.72 Å². The number of nitrogens with zero attached hydrogens (tertiary/aromatic N) is 1. The van der Waals surface area contributed by atoms with Crippen LogP contribution in [0.1, 0.15) is 12.5 Å². The van der Waals surface area contributed by atoms with Crippen molar-refractivity contribution in [1.82, 2.24) is 4.98 Å². The van der Waals surface area contributed by atoms with Gasteiger partial charge in [0.05, 0.1) is 12.5 Å². The molecular weight excluding hydrogens is 454 g/mol. The first kappa shape index (κ1) is 23.8. The molecule has 1 atom stereocenters. The molecule has 30 heavy (non-hydrogen) atoms. The van der Waals surface area contributed by atoms with Crippen LogP contribution in [-0.2, 0) is 24.3 Å². The molecule has 0 radical (unpaired) electrons. The van der Waals surface area contributed by atoms with Crippen LogP contribution in [0.4, 0.5) is 29.1 Å². The summed E-state index contributed by atoms with van der Waals surface area (Å²) in [4.78, 5) is 3.73. The lowest BCUT2D eigenvalue weighted by atomic mass is 10.0. The number of hydrogen-bond donors (Lipinski definition) is 2. The Morgan fingerprint density at radius 3 is 2.17 bits per heavy atom. The molecule has 0 aliphatic heterocycles. The highest BCUT2D eigenvalue weighted by Crippen LogP contribution is 2.32. The largest absolute Gasteiger partial charge is 0.523 e. The van der Waals surface area contributed by atoms with Gasteiger partial charge in [0.15, 0.2) is 0 Å². The lowest BCUT2D eigenvalue weighted by Gasteiger charge is -2.19. The summed E-state index contributed by atoms with van der Waals surface area (Å²) in [6.45, 7) is 2.43. The molecule has 2 rings (SSSR count). The number of aromatic nitrogens is 1. The second-order valence-electron chi connectivity index (χ2n) is 6.19. The fraction of sp³-hybridized carbons (Fsp3) is 0.312. The molecule has 0 amide bonds. The highest BCUT2D eigenvalue weighted by Gasteiger charge is 2.48. The molecule has 2 aromatic rings. The minimum Gasteiger partial charge on any atom is -0.344 e. The highest BCUT2D eigenvalue weighted by atomic mass is 32.2. The second kappa shape index (κ2) is 8.35. The molecule has 0 saturated heterocycles. The fourth-order valence-electron chi connectivity index (χ4n) is 2.46. The number of halogens is 4. The molecule has 14 heteroatoms. The van der Waals surface area contributed by atoms with Gasteiger partial charge in [-0.05, 0) is 31.5 Å². The summed E-state index contributed by atoms with van der Waals surface area (Å²) < 4.78 is 103. The van der Waals surface area contributed by atoms with Crippen molar-refractivity contribution >= 4 is 31.6 Å². The Morgan fingerprint density at radius 2 is 1.67 bits per heavy atom.